The van der Waals surface area contributed by atoms with Gasteiger partial charge < -0.3 is 20.1 Å². The third-order valence-electron chi connectivity index (χ3n) is 6.23. The van der Waals surface area contributed by atoms with E-state index in [9.17, 15) is 14.4 Å². The monoisotopic (exact) mass is 472 g/mol. The highest BCUT2D eigenvalue weighted by molar-refractivity contribution is 5.99. The number of carboxylic acid groups (broad SMARTS) is 1. The Bertz CT molecular complexity index is 1170. The number of benzene rings is 3. The Kier molecular flexibility index (Phi) is 7.45. The topological polar surface area (TPSA) is 95.9 Å². The van der Waals surface area contributed by atoms with E-state index in [1.54, 1.807) is 31.2 Å². The fraction of sp³-hybridized carbons (Fsp3) is 0.250. The van der Waals surface area contributed by atoms with Crippen molar-refractivity contribution in [3.63, 3.8) is 0 Å². The first-order chi connectivity index (χ1) is 17.0. The van der Waals surface area contributed by atoms with Gasteiger partial charge >= 0.3 is 12.1 Å². The molecule has 1 atom stereocenters. The Morgan fingerprint density at radius 3 is 2.06 bits per heavy atom. The van der Waals surface area contributed by atoms with Gasteiger partial charge in [0.2, 0.25) is 5.91 Å². The fourth-order valence-electron chi connectivity index (χ4n) is 4.49. The van der Waals surface area contributed by atoms with Crippen molar-refractivity contribution in [2.45, 2.75) is 31.7 Å². The number of hydrogen-bond acceptors (Lipinski definition) is 4. The van der Waals surface area contributed by atoms with Gasteiger partial charge in [-0.05, 0) is 40.8 Å². The van der Waals surface area contributed by atoms with Gasteiger partial charge in [-0.3, -0.25) is 9.59 Å². The highest BCUT2D eigenvalue weighted by Crippen LogP contribution is 2.44. The van der Waals surface area contributed by atoms with Gasteiger partial charge in [-0.2, -0.15) is 0 Å². The van der Waals surface area contributed by atoms with E-state index < -0.39 is 18.1 Å². The standard InChI is InChI=1S/C28H28N2O5/c1-2-25(27(33)30(17-16-26(31)32)19-10-4-3-5-11-19)29-28(34)35-18-24-22-14-8-6-12-20(22)21-13-7-9-15-23(21)24/h3-15,24-25H,2,16-18H2,1H3,(H,29,34)(H,31,32). The van der Waals surface area contributed by atoms with E-state index in [-0.39, 0.29) is 31.4 Å². The molecule has 35 heavy (non-hydrogen) atoms. The summed E-state index contributed by atoms with van der Waals surface area (Å²) in [5.74, 6) is -1.47. The van der Waals surface area contributed by atoms with Crippen LogP contribution in [0.2, 0.25) is 0 Å². The van der Waals surface area contributed by atoms with E-state index in [0.29, 0.717) is 12.1 Å². The van der Waals surface area contributed by atoms with Crippen LogP contribution in [-0.4, -0.2) is 42.3 Å². The Hall–Kier alpha value is -4.13. The molecule has 1 aliphatic carbocycles. The van der Waals surface area contributed by atoms with Gasteiger partial charge in [0.25, 0.3) is 0 Å². The van der Waals surface area contributed by atoms with E-state index in [4.69, 9.17) is 9.84 Å². The molecule has 7 nitrogen and oxygen atoms in total. The summed E-state index contributed by atoms with van der Waals surface area (Å²) in [6, 6.07) is 24.1. The molecule has 0 aliphatic heterocycles. The molecule has 0 bridgehead atoms. The number of alkyl carbamates (subject to hydrolysis) is 1. The second-order valence-electron chi connectivity index (χ2n) is 8.40. The number of anilines is 1. The molecule has 0 radical (unpaired) electrons. The maximum Gasteiger partial charge on any atom is 0.407 e. The molecule has 2 amide bonds. The summed E-state index contributed by atoms with van der Waals surface area (Å²) in [5, 5.41) is 11.8. The van der Waals surface area contributed by atoms with Gasteiger partial charge in [0.1, 0.15) is 12.6 Å². The highest BCUT2D eigenvalue weighted by Gasteiger charge is 2.30. The van der Waals surface area contributed by atoms with Crippen molar-refractivity contribution in [3.05, 3.63) is 90.0 Å². The maximum absolute atomic E-state index is 13.3. The van der Waals surface area contributed by atoms with E-state index in [2.05, 4.69) is 17.4 Å². The SMILES string of the molecule is CCC(NC(=O)OCC1c2ccccc2-c2ccccc21)C(=O)N(CCC(=O)O)c1ccccc1. The van der Waals surface area contributed by atoms with Crippen LogP contribution in [0.25, 0.3) is 11.1 Å². The number of hydrogen-bond donors (Lipinski definition) is 2. The van der Waals surface area contributed by atoms with Gasteiger partial charge in [0.05, 0.1) is 6.42 Å². The minimum Gasteiger partial charge on any atom is -0.481 e. The zero-order chi connectivity index (χ0) is 24.8. The van der Waals surface area contributed by atoms with Crippen molar-refractivity contribution >= 4 is 23.7 Å². The molecule has 0 heterocycles. The lowest BCUT2D eigenvalue weighted by Crippen LogP contribution is -2.49. The summed E-state index contributed by atoms with van der Waals surface area (Å²) in [4.78, 5) is 38.5. The van der Waals surface area contributed by atoms with Gasteiger partial charge in [-0.25, -0.2) is 4.79 Å². The van der Waals surface area contributed by atoms with Gasteiger partial charge in [-0.1, -0.05) is 73.7 Å². The first kappa shape index (κ1) is 24.0. The summed E-state index contributed by atoms with van der Waals surface area (Å²) >= 11 is 0. The Balaban J connectivity index is 1.44. The number of carbonyl (C=O) groups excluding carboxylic acids is 2. The smallest absolute Gasteiger partial charge is 0.407 e. The van der Waals surface area contributed by atoms with E-state index in [1.165, 1.54) is 4.90 Å². The van der Waals surface area contributed by atoms with Crippen molar-refractivity contribution in [1.29, 1.82) is 0 Å². The zero-order valence-corrected chi connectivity index (χ0v) is 19.5. The van der Waals surface area contributed by atoms with Crippen LogP contribution in [0.1, 0.15) is 36.8 Å². The lowest BCUT2D eigenvalue weighted by Gasteiger charge is -2.27. The molecule has 0 fully saturated rings. The van der Waals surface area contributed by atoms with E-state index in [1.807, 2.05) is 42.5 Å². The molecular weight excluding hydrogens is 444 g/mol. The molecule has 0 saturated heterocycles. The Morgan fingerprint density at radius 1 is 0.914 bits per heavy atom. The van der Waals surface area contributed by atoms with Crippen molar-refractivity contribution in [3.8, 4) is 11.1 Å². The first-order valence-corrected chi connectivity index (χ1v) is 11.7. The van der Waals surface area contributed by atoms with Crippen LogP contribution in [-0.2, 0) is 14.3 Å². The minimum atomic E-state index is -1.00. The summed E-state index contributed by atoms with van der Waals surface area (Å²) in [6.45, 7) is 1.93. The molecule has 1 aliphatic rings. The number of carbonyl (C=O) groups is 3. The number of rotatable bonds is 9. The van der Waals surface area contributed by atoms with Gasteiger partial charge in [0.15, 0.2) is 0 Å². The number of amides is 2. The number of nitrogens with one attached hydrogen (secondary N) is 1. The number of nitrogens with zero attached hydrogens (tertiary/aromatic N) is 1. The number of ether oxygens (including phenoxy) is 1. The lowest BCUT2D eigenvalue weighted by molar-refractivity contribution is -0.136. The van der Waals surface area contributed by atoms with Crippen LogP contribution in [0.5, 0.6) is 0 Å². The second-order valence-corrected chi connectivity index (χ2v) is 8.40. The van der Waals surface area contributed by atoms with Crippen LogP contribution in [0.3, 0.4) is 0 Å². The third-order valence-corrected chi connectivity index (χ3v) is 6.23. The van der Waals surface area contributed by atoms with Crippen LogP contribution in [0.15, 0.2) is 78.9 Å². The van der Waals surface area contributed by atoms with Crippen molar-refractivity contribution in [2.75, 3.05) is 18.1 Å². The average Bonchev–Trinajstić information content (AvgIpc) is 3.20. The van der Waals surface area contributed by atoms with Crippen molar-refractivity contribution < 1.29 is 24.2 Å². The largest absolute Gasteiger partial charge is 0.481 e. The molecule has 7 heteroatoms. The maximum atomic E-state index is 13.3. The Labute approximate surface area is 204 Å². The van der Waals surface area contributed by atoms with Crippen LogP contribution < -0.4 is 10.2 Å². The van der Waals surface area contributed by atoms with Crippen LogP contribution in [0.4, 0.5) is 10.5 Å². The first-order valence-electron chi connectivity index (χ1n) is 11.7. The summed E-state index contributed by atoms with van der Waals surface area (Å²) in [5.41, 5.74) is 5.06. The minimum absolute atomic E-state index is 0.00104. The Morgan fingerprint density at radius 2 is 1.49 bits per heavy atom. The zero-order valence-electron chi connectivity index (χ0n) is 19.5. The van der Waals surface area contributed by atoms with Crippen molar-refractivity contribution in [1.82, 2.24) is 5.32 Å². The summed E-state index contributed by atoms with van der Waals surface area (Å²) < 4.78 is 5.59. The lowest BCUT2D eigenvalue weighted by atomic mass is 9.98. The number of para-hydroxylation sites is 1. The van der Waals surface area contributed by atoms with Crippen LogP contribution >= 0.6 is 0 Å². The second kappa shape index (κ2) is 10.9. The molecule has 3 aromatic carbocycles. The molecule has 4 rings (SSSR count). The predicted octanol–water partition coefficient (Wildman–Crippen LogP) is 4.81. The van der Waals surface area contributed by atoms with E-state index in [0.717, 1.165) is 22.3 Å². The fourth-order valence-corrected chi connectivity index (χ4v) is 4.49. The van der Waals surface area contributed by atoms with E-state index >= 15 is 0 Å². The molecule has 180 valence electrons. The number of carboxylic acids is 1. The molecule has 0 aromatic heterocycles. The molecule has 1 unspecified atom stereocenters. The molecule has 2 N–H and O–H groups in total. The molecular formula is C28H28N2O5. The number of fused-ring (bicyclic) bond motifs is 3. The highest BCUT2D eigenvalue weighted by atomic mass is 16.5. The molecule has 0 spiro atoms. The predicted molar refractivity (Wildman–Crippen MR) is 133 cm³/mol. The normalized spacial score (nSPS) is 12.8. The quantitative estimate of drug-likeness (QED) is 0.466. The molecule has 3 aromatic rings. The van der Waals surface area contributed by atoms with Crippen LogP contribution in [0, 0.1) is 0 Å². The van der Waals surface area contributed by atoms with Gasteiger partial charge in [-0.15, -0.1) is 0 Å². The van der Waals surface area contributed by atoms with Crippen molar-refractivity contribution in [2.24, 2.45) is 0 Å². The molecule has 0 saturated carbocycles. The summed E-state index contributed by atoms with van der Waals surface area (Å²) in [7, 11) is 0. The third kappa shape index (κ3) is 5.35. The summed E-state index contributed by atoms with van der Waals surface area (Å²) in [6.07, 6.45) is -0.556. The average molecular weight is 473 g/mol. The van der Waals surface area contributed by atoms with Gasteiger partial charge in [0, 0.05) is 18.2 Å². The number of aliphatic carboxylic acids is 1.